The van der Waals surface area contributed by atoms with E-state index in [1.807, 2.05) is 24.3 Å². The summed E-state index contributed by atoms with van der Waals surface area (Å²) < 4.78 is 6.75. The zero-order valence-corrected chi connectivity index (χ0v) is 12.4. The van der Waals surface area contributed by atoms with Gasteiger partial charge >= 0.3 is 0 Å². The molecule has 2 aromatic heterocycles. The highest BCUT2D eigenvalue weighted by molar-refractivity contribution is 7.99. The van der Waals surface area contributed by atoms with Gasteiger partial charge in [-0.1, -0.05) is 29.8 Å². The van der Waals surface area contributed by atoms with E-state index in [0.29, 0.717) is 16.7 Å². The average molecular weight is 308 g/mol. The molecule has 2 heterocycles. The Morgan fingerprint density at radius 1 is 1.36 bits per heavy atom. The molecule has 22 heavy (non-hydrogen) atoms. The van der Waals surface area contributed by atoms with Gasteiger partial charge in [-0.15, -0.1) is 6.42 Å². The highest BCUT2D eigenvalue weighted by Gasteiger charge is 2.14. The fourth-order valence-corrected chi connectivity index (χ4v) is 2.73. The summed E-state index contributed by atoms with van der Waals surface area (Å²) >= 11 is 1.36. The molecule has 0 amide bonds. The lowest BCUT2D eigenvalue weighted by Gasteiger charge is -2.03. The number of aromatic nitrogens is 2. The molecule has 0 aliphatic heterocycles. The standard InChI is InChI=1S/C17H12N2O2S/c1-2-12-22-17-18-14-7-3-4-8-15(14)19(17)16(20)10-9-13-6-5-11-21-13/h1,3-11H,12H2. The van der Waals surface area contributed by atoms with Crippen molar-refractivity contribution in [3.63, 3.8) is 0 Å². The minimum absolute atomic E-state index is 0.190. The van der Waals surface area contributed by atoms with Crippen molar-refractivity contribution in [2.45, 2.75) is 5.16 Å². The number of carbonyl (C=O) groups is 1. The van der Waals surface area contributed by atoms with Crippen molar-refractivity contribution in [1.82, 2.24) is 9.55 Å². The first-order valence-electron chi connectivity index (χ1n) is 6.59. The van der Waals surface area contributed by atoms with Crippen LogP contribution in [-0.4, -0.2) is 21.2 Å². The molecule has 0 fully saturated rings. The molecule has 3 rings (SSSR count). The maximum atomic E-state index is 12.5. The number of allylic oxidation sites excluding steroid dienone is 1. The summed E-state index contributed by atoms with van der Waals surface area (Å²) in [6.07, 6.45) is 9.96. The van der Waals surface area contributed by atoms with Gasteiger partial charge in [0, 0.05) is 6.08 Å². The number of hydrogen-bond donors (Lipinski definition) is 0. The number of fused-ring (bicyclic) bond motifs is 1. The van der Waals surface area contributed by atoms with Crippen molar-refractivity contribution >= 4 is 34.8 Å². The van der Waals surface area contributed by atoms with E-state index in [1.54, 1.807) is 29.0 Å². The van der Waals surface area contributed by atoms with Gasteiger partial charge in [0.25, 0.3) is 5.91 Å². The fraction of sp³-hybridized carbons (Fsp3) is 0.0588. The van der Waals surface area contributed by atoms with Gasteiger partial charge in [0.05, 0.1) is 23.0 Å². The van der Waals surface area contributed by atoms with E-state index < -0.39 is 0 Å². The van der Waals surface area contributed by atoms with Crippen LogP contribution in [0.4, 0.5) is 0 Å². The third-order valence-electron chi connectivity index (χ3n) is 2.97. The number of hydrogen-bond acceptors (Lipinski definition) is 4. The second-order valence-electron chi connectivity index (χ2n) is 4.40. The van der Waals surface area contributed by atoms with E-state index in [4.69, 9.17) is 10.8 Å². The lowest BCUT2D eigenvalue weighted by Crippen LogP contribution is -2.08. The summed E-state index contributed by atoms with van der Waals surface area (Å²) in [5.74, 6) is 3.43. The molecule has 0 spiro atoms. The molecule has 0 unspecified atom stereocenters. The van der Waals surface area contributed by atoms with E-state index in [0.717, 1.165) is 11.0 Å². The number of thioether (sulfide) groups is 1. The number of imidazole rings is 1. The van der Waals surface area contributed by atoms with Crippen LogP contribution in [0.1, 0.15) is 10.6 Å². The lowest BCUT2D eigenvalue weighted by atomic mass is 10.3. The van der Waals surface area contributed by atoms with Gasteiger partial charge in [0.2, 0.25) is 0 Å². The van der Waals surface area contributed by atoms with Crippen LogP contribution in [0.25, 0.3) is 17.1 Å². The van der Waals surface area contributed by atoms with Crippen molar-refractivity contribution in [3.8, 4) is 12.3 Å². The summed E-state index contributed by atoms with van der Waals surface area (Å²) in [6.45, 7) is 0. The Hall–Kier alpha value is -2.71. The van der Waals surface area contributed by atoms with Gasteiger partial charge in [-0.3, -0.25) is 9.36 Å². The molecule has 108 valence electrons. The molecule has 3 aromatic rings. The molecule has 0 radical (unpaired) electrons. The molecule has 1 aromatic carbocycles. The smallest absolute Gasteiger partial charge is 0.257 e. The Balaban J connectivity index is 2.00. The number of para-hydroxylation sites is 2. The predicted molar refractivity (Wildman–Crippen MR) is 87.7 cm³/mol. The van der Waals surface area contributed by atoms with Gasteiger partial charge in [-0.05, 0) is 30.3 Å². The first kappa shape index (κ1) is 14.2. The molecule has 0 N–H and O–H groups in total. The number of rotatable bonds is 4. The number of terminal acetylenes is 1. The van der Waals surface area contributed by atoms with Gasteiger partial charge in [0.1, 0.15) is 5.76 Å². The van der Waals surface area contributed by atoms with E-state index >= 15 is 0 Å². The summed E-state index contributed by atoms with van der Waals surface area (Å²) in [5, 5.41) is 0.591. The van der Waals surface area contributed by atoms with Gasteiger partial charge in [-0.25, -0.2) is 4.98 Å². The van der Waals surface area contributed by atoms with E-state index in [9.17, 15) is 4.79 Å². The molecular formula is C17H12N2O2S. The van der Waals surface area contributed by atoms with E-state index in [-0.39, 0.29) is 5.91 Å². The molecule has 5 heteroatoms. The number of carbonyl (C=O) groups excluding carboxylic acids is 1. The molecule has 0 aliphatic carbocycles. The van der Waals surface area contributed by atoms with Crippen LogP contribution in [0.5, 0.6) is 0 Å². The van der Waals surface area contributed by atoms with E-state index in [2.05, 4.69) is 10.9 Å². The van der Waals surface area contributed by atoms with Crippen molar-refractivity contribution in [1.29, 1.82) is 0 Å². The molecule has 4 nitrogen and oxygen atoms in total. The van der Waals surface area contributed by atoms with Crippen LogP contribution in [0, 0.1) is 12.3 Å². The maximum absolute atomic E-state index is 12.5. The van der Waals surface area contributed by atoms with Crippen LogP contribution < -0.4 is 0 Å². The summed E-state index contributed by atoms with van der Waals surface area (Å²) in [6, 6.07) is 11.0. The Morgan fingerprint density at radius 2 is 2.23 bits per heavy atom. The van der Waals surface area contributed by atoms with Gasteiger partial charge < -0.3 is 4.42 Å². The van der Waals surface area contributed by atoms with Crippen LogP contribution >= 0.6 is 11.8 Å². The fourth-order valence-electron chi connectivity index (χ4n) is 2.03. The van der Waals surface area contributed by atoms with Gasteiger partial charge in [-0.2, -0.15) is 0 Å². The predicted octanol–water partition coefficient (Wildman–Crippen LogP) is 3.71. The molecule has 0 bridgehead atoms. The van der Waals surface area contributed by atoms with Crippen LogP contribution in [0.2, 0.25) is 0 Å². The SMILES string of the molecule is C#CCSc1nc2ccccc2n1C(=O)C=Cc1ccco1. The molecular weight excluding hydrogens is 296 g/mol. The van der Waals surface area contributed by atoms with Crippen molar-refractivity contribution < 1.29 is 9.21 Å². The Bertz CT molecular complexity index is 870. The molecule has 0 aliphatic rings. The summed E-state index contributed by atoms with van der Waals surface area (Å²) in [4.78, 5) is 17.0. The van der Waals surface area contributed by atoms with Crippen molar-refractivity contribution in [3.05, 3.63) is 54.5 Å². The Labute approximate surface area is 131 Å². The molecule has 0 atom stereocenters. The Morgan fingerprint density at radius 3 is 3.00 bits per heavy atom. The number of nitrogens with zero attached hydrogens (tertiary/aromatic N) is 2. The number of furan rings is 1. The summed E-state index contributed by atoms with van der Waals surface area (Å²) in [5.41, 5.74) is 1.53. The second-order valence-corrected chi connectivity index (χ2v) is 5.34. The zero-order valence-electron chi connectivity index (χ0n) is 11.6. The highest BCUT2D eigenvalue weighted by Crippen LogP contribution is 2.24. The third-order valence-corrected chi connectivity index (χ3v) is 3.81. The average Bonchev–Trinajstić information content (AvgIpc) is 3.17. The molecule has 0 saturated heterocycles. The third kappa shape index (κ3) is 2.83. The van der Waals surface area contributed by atoms with Crippen LogP contribution in [0.3, 0.4) is 0 Å². The van der Waals surface area contributed by atoms with Crippen LogP contribution in [-0.2, 0) is 0 Å². The Kier molecular flexibility index (Phi) is 4.12. The lowest BCUT2D eigenvalue weighted by molar-refractivity contribution is 0.0965. The minimum Gasteiger partial charge on any atom is -0.465 e. The second kappa shape index (κ2) is 6.37. The summed E-state index contributed by atoms with van der Waals surface area (Å²) in [7, 11) is 0. The van der Waals surface area contributed by atoms with Crippen molar-refractivity contribution in [2.24, 2.45) is 0 Å². The van der Waals surface area contributed by atoms with Gasteiger partial charge in [0.15, 0.2) is 5.16 Å². The monoisotopic (exact) mass is 308 g/mol. The van der Waals surface area contributed by atoms with E-state index in [1.165, 1.54) is 17.8 Å². The normalized spacial score (nSPS) is 11.0. The van der Waals surface area contributed by atoms with Crippen molar-refractivity contribution in [2.75, 3.05) is 5.75 Å². The number of benzene rings is 1. The minimum atomic E-state index is -0.190. The first-order valence-corrected chi connectivity index (χ1v) is 7.58. The quantitative estimate of drug-likeness (QED) is 0.419. The largest absolute Gasteiger partial charge is 0.465 e. The zero-order chi connectivity index (χ0) is 15.4. The topological polar surface area (TPSA) is 48.0 Å². The molecule has 0 saturated carbocycles. The first-order chi connectivity index (χ1) is 10.8. The highest BCUT2D eigenvalue weighted by atomic mass is 32.2. The van der Waals surface area contributed by atoms with Crippen LogP contribution in [0.15, 0.2) is 58.3 Å². The maximum Gasteiger partial charge on any atom is 0.257 e.